The van der Waals surface area contributed by atoms with Gasteiger partial charge in [-0.3, -0.25) is 0 Å². The maximum Gasteiger partial charge on any atom is 0.161 e. The fraction of sp³-hybridized carbons (Fsp3) is 0.167. The number of methoxy groups -OCH3 is 1. The zero-order chi connectivity index (χ0) is 13.3. The molecule has 0 bridgehead atoms. The fourth-order valence-corrected chi connectivity index (χ4v) is 2.82. The van der Waals surface area contributed by atoms with Crippen LogP contribution in [0.3, 0.4) is 0 Å². The summed E-state index contributed by atoms with van der Waals surface area (Å²) in [5.41, 5.74) is -0.115. The van der Waals surface area contributed by atoms with Gasteiger partial charge in [-0.1, -0.05) is 0 Å². The molecule has 1 unspecified atom stereocenters. The normalized spacial score (nSPS) is 12.5. The number of halogens is 4. The van der Waals surface area contributed by atoms with E-state index in [9.17, 15) is 13.2 Å². The summed E-state index contributed by atoms with van der Waals surface area (Å²) in [6.07, 6.45) is 0. The summed E-state index contributed by atoms with van der Waals surface area (Å²) in [6, 6.07) is 2.93. The zero-order valence-corrected chi connectivity index (χ0v) is 10.8. The van der Waals surface area contributed by atoms with E-state index in [1.54, 1.807) is 11.4 Å². The van der Waals surface area contributed by atoms with Crippen molar-refractivity contribution >= 4 is 22.9 Å². The van der Waals surface area contributed by atoms with Crippen LogP contribution in [0.2, 0.25) is 0 Å². The van der Waals surface area contributed by atoms with Crippen molar-refractivity contribution in [2.45, 2.75) is 5.38 Å². The first-order valence-corrected chi connectivity index (χ1v) is 6.26. The van der Waals surface area contributed by atoms with Crippen molar-refractivity contribution in [1.29, 1.82) is 0 Å². The minimum Gasteiger partial charge on any atom is -0.496 e. The first kappa shape index (κ1) is 13.2. The standard InChI is InChI=1S/C12H8ClF3OS/c1-17-10-2-3-18-12(10)11(13)6-4-8(15)9(16)5-7(6)14/h2-5,11H,1H3. The van der Waals surface area contributed by atoms with Crippen LogP contribution in [0.15, 0.2) is 23.6 Å². The molecule has 0 aliphatic carbocycles. The molecule has 1 aromatic carbocycles. The van der Waals surface area contributed by atoms with Gasteiger partial charge < -0.3 is 4.74 Å². The Hall–Kier alpha value is -1.20. The van der Waals surface area contributed by atoms with E-state index >= 15 is 0 Å². The molecule has 6 heteroatoms. The van der Waals surface area contributed by atoms with Crippen LogP contribution in [0.1, 0.15) is 15.8 Å². The van der Waals surface area contributed by atoms with Gasteiger partial charge in [-0.2, -0.15) is 0 Å². The molecule has 2 aromatic rings. The summed E-state index contributed by atoms with van der Waals surface area (Å²) in [5.74, 6) is -2.76. The minimum absolute atomic E-state index is 0.115. The molecule has 0 radical (unpaired) electrons. The Morgan fingerprint density at radius 3 is 2.50 bits per heavy atom. The van der Waals surface area contributed by atoms with Gasteiger partial charge in [0.05, 0.1) is 17.4 Å². The molecule has 0 fully saturated rings. The first-order valence-electron chi connectivity index (χ1n) is 4.94. The highest BCUT2D eigenvalue weighted by molar-refractivity contribution is 7.10. The molecular formula is C12H8ClF3OS. The summed E-state index contributed by atoms with van der Waals surface area (Å²) in [4.78, 5) is 0.545. The van der Waals surface area contributed by atoms with E-state index in [1.165, 1.54) is 18.4 Å². The molecule has 96 valence electrons. The largest absolute Gasteiger partial charge is 0.496 e. The lowest BCUT2D eigenvalue weighted by Crippen LogP contribution is -2.00. The van der Waals surface area contributed by atoms with Gasteiger partial charge in [0.25, 0.3) is 0 Å². The van der Waals surface area contributed by atoms with Crippen LogP contribution in [-0.2, 0) is 0 Å². The van der Waals surface area contributed by atoms with Gasteiger partial charge in [-0.25, -0.2) is 13.2 Å². The van der Waals surface area contributed by atoms with Crippen LogP contribution in [0.4, 0.5) is 13.2 Å². The van der Waals surface area contributed by atoms with E-state index in [-0.39, 0.29) is 5.56 Å². The van der Waals surface area contributed by atoms with Gasteiger partial charge >= 0.3 is 0 Å². The average molecular weight is 293 g/mol. The van der Waals surface area contributed by atoms with Crippen LogP contribution in [-0.4, -0.2) is 7.11 Å². The van der Waals surface area contributed by atoms with Crippen LogP contribution < -0.4 is 4.74 Å². The highest BCUT2D eigenvalue weighted by Gasteiger charge is 2.22. The topological polar surface area (TPSA) is 9.23 Å². The highest BCUT2D eigenvalue weighted by Crippen LogP contribution is 2.40. The zero-order valence-electron chi connectivity index (χ0n) is 9.22. The van der Waals surface area contributed by atoms with E-state index in [1.807, 2.05) is 0 Å². The van der Waals surface area contributed by atoms with Gasteiger partial charge in [0.2, 0.25) is 0 Å². The van der Waals surface area contributed by atoms with Crippen LogP contribution in [0.5, 0.6) is 5.75 Å². The van der Waals surface area contributed by atoms with E-state index in [0.717, 1.165) is 6.07 Å². The molecule has 0 aliphatic rings. The molecule has 1 aromatic heterocycles. The molecule has 0 N–H and O–H groups in total. The molecule has 0 amide bonds. The Bertz CT molecular complexity index is 570. The molecule has 2 rings (SSSR count). The number of rotatable bonds is 3. The first-order chi connectivity index (χ1) is 8.54. The molecule has 0 spiro atoms. The Morgan fingerprint density at radius 1 is 1.17 bits per heavy atom. The lowest BCUT2D eigenvalue weighted by Gasteiger charge is -2.11. The third-order valence-electron chi connectivity index (χ3n) is 2.42. The van der Waals surface area contributed by atoms with E-state index in [2.05, 4.69) is 0 Å². The Labute approximate surface area is 111 Å². The summed E-state index contributed by atoms with van der Waals surface area (Å²) in [5, 5.41) is 0.802. The van der Waals surface area contributed by atoms with Gasteiger partial charge in [0.15, 0.2) is 11.6 Å². The summed E-state index contributed by atoms with van der Waals surface area (Å²) in [7, 11) is 1.46. The second kappa shape index (κ2) is 5.20. The van der Waals surface area contributed by atoms with E-state index in [0.29, 0.717) is 16.7 Å². The Balaban J connectivity index is 2.46. The van der Waals surface area contributed by atoms with Gasteiger partial charge in [0.1, 0.15) is 11.6 Å². The molecule has 1 nitrogen and oxygen atoms in total. The predicted octanol–water partition coefficient (Wildman–Crippen LogP) is 4.50. The number of thiophene rings is 1. The third-order valence-corrected chi connectivity index (χ3v) is 3.97. The number of hydrogen-bond acceptors (Lipinski definition) is 2. The molecule has 1 atom stereocenters. The number of hydrogen-bond donors (Lipinski definition) is 0. The number of ether oxygens (including phenoxy) is 1. The number of benzene rings is 1. The van der Waals surface area contributed by atoms with Crippen LogP contribution in [0, 0.1) is 17.5 Å². The quantitative estimate of drug-likeness (QED) is 0.598. The number of alkyl halides is 1. The lowest BCUT2D eigenvalue weighted by molar-refractivity contribution is 0.412. The molecule has 0 aliphatic heterocycles. The molecule has 1 heterocycles. The molecule has 0 saturated carbocycles. The van der Waals surface area contributed by atoms with Gasteiger partial charge in [-0.05, 0) is 17.5 Å². The van der Waals surface area contributed by atoms with Crippen molar-refractivity contribution in [3.63, 3.8) is 0 Å². The summed E-state index contributed by atoms with van der Waals surface area (Å²) in [6.45, 7) is 0. The maximum absolute atomic E-state index is 13.6. The van der Waals surface area contributed by atoms with Crippen LogP contribution >= 0.6 is 22.9 Å². The predicted molar refractivity (Wildman–Crippen MR) is 64.9 cm³/mol. The summed E-state index contributed by atoms with van der Waals surface area (Å²) < 4.78 is 44.6. The molecule has 18 heavy (non-hydrogen) atoms. The maximum atomic E-state index is 13.6. The second-order valence-corrected chi connectivity index (χ2v) is 4.89. The third kappa shape index (κ3) is 2.33. The SMILES string of the molecule is COc1ccsc1C(Cl)c1cc(F)c(F)cc1F. The van der Waals surface area contributed by atoms with Gasteiger partial charge in [0, 0.05) is 11.6 Å². The molecular weight excluding hydrogens is 285 g/mol. The molecule has 0 saturated heterocycles. The summed E-state index contributed by atoms with van der Waals surface area (Å²) >= 11 is 7.34. The van der Waals surface area contributed by atoms with Crippen LogP contribution in [0.25, 0.3) is 0 Å². The van der Waals surface area contributed by atoms with Crippen molar-refractivity contribution in [2.75, 3.05) is 7.11 Å². The van der Waals surface area contributed by atoms with Crippen molar-refractivity contribution in [3.8, 4) is 5.75 Å². The van der Waals surface area contributed by atoms with Crippen molar-refractivity contribution in [2.24, 2.45) is 0 Å². The van der Waals surface area contributed by atoms with E-state index in [4.69, 9.17) is 16.3 Å². The van der Waals surface area contributed by atoms with Crippen molar-refractivity contribution < 1.29 is 17.9 Å². The smallest absolute Gasteiger partial charge is 0.161 e. The lowest BCUT2D eigenvalue weighted by atomic mass is 10.1. The monoisotopic (exact) mass is 292 g/mol. The Morgan fingerprint density at radius 2 is 1.83 bits per heavy atom. The van der Waals surface area contributed by atoms with Gasteiger partial charge in [-0.15, -0.1) is 22.9 Å². The second-order valence-electron chi connectivity index (χ2n) is 3.50. The Kier molecular flexibility index (Phi) is 3.82. The highest BCUT2D eigenvalue weighted by atomic mass is 35.5. The van der Waals surface area contributed by atoms with Crippen molar-refractivity contribution in [1.82, 2.24) is 0 Å². The van der Waals surface area contributed by atoms with E-state index < -0.39 is 22.8 Å². The minimum atomic E-state index is -1.24. The average Bonchev–Trinajstić information content (AvgIpc) is 2.81. The fourth-order valence-electron chi connectivity index (χ4n) is 1.54. The van der Waals surface area contributed by atoms with Crippen molar-refractivity contribution in [3.05, 3.63) is 51.5 Å².